The Hall–Kier alpha value is -0.0800. The van der Waals surface area contributed by atoms with Crippen LogP contribution in [0.5, 0.6) is 0 Å². The van der Waals surface area contributed by atoms with Crippen molar-refractivity contribution in [2.75, 3.05) is 52.4 Å². The van der Waals surface area contributed by atoms with Gasteiger partial charge in [0.05, 0.1) is 52.4 Å². The average Bonchev–Trinajstić information content (AvgIpc) is 2.97. The van der Waals surface area contributed by atoms with Crippen LogP contribution in [0.15, 0.2) is 0 Å². The number of rotatable bonds is 30. The number of quaternary nitrogens is 2. The van der Waals surface area contributed by atoms with Crippen LogP contribution in [0.25, 0.3) is 0 Å². The first-order valence-corrected chi connectivity index (χ1v) is 18.8. The van der Waals surface area contributed by atoms with E-state index in [9.17, 15) is 0 Å². The summed E-state index contributed by atoms with van der Waals surface area (Å²) in [5.74, 6) is 0. The highest BCUT2D eigenvalue weighted by Gasteiger charge is 2.26. The van der Waals surface area contributed by atoms with E-state index in [0.717, 1.165) is 0 Å². The van der Waals surface area contributed by atoms with E-state index in [1.807, 2.05) is 13.8 Å². The Morgan fingerprint density at radius 1 is 0.231 bits per heavy atom. The highest BCUT2D eigenvalue weighted by molar-refractivity contribution is 4.54. The van der Waals surface area contributed by atoms with Gasteiger partial charge in [-0.25, -0.2) is 0 Å². The molecule has 0 rings (SSSR count). The molecule has 0 saturated carbocycles. The Balaban J connectivity index is 0. The molecule has 0 aromatic rings. The molecule has 0 aromatic carbocycles. The molecule has 0 amide bonds. The lowest BCUT2D eigenvalue weighted by atomic mass is 10.0. The molecule has 0 aromatic heterocycles. The number of unbranched alkanes of at least 4 members (excludes halogenated alkanes) is 14. The molecule has 2 nitrogen and oxygen atoms in total. The lowest BCUT2D eigenvalue weighted by Crippen LogP contribution is -2.50. The number of hydrogen-bond donors (Lipinski definition) is 0. The summed E-state index contributed by atoms with van der Waals surface area (Å²) in [6.45, 7) is 29.7. The Kier molecular flexibility index (Phi) is 32.5. The first-order chi connectivity index (χ1) is 19.1. The van der Waals surface area contributed by atoms with Gasteiger partial charge in [-0.15, -0.1) is 0 Å². The van der Waals surface area contributed by atoms with Gasteiger partial charge in [0.25, 0.3) is 0 Å². The Bertz CT molecular complexity index is 363. The van der Waals surface area contributed by atoms with E-state index < -0.39 is 0 Å². The minimum Gasteiger partial charge on any atom is -0.324 e. The Morgan fingerprint density at radius 3 is 0.564 bits per heavy atom. The summed E-state index contributed by atoms with van der Waals surface area (Å²) < 4.78 is 2.87. The monoisotopic (exact) mass is 555 g/mol. The summed E-state index contributed by atoms with van der Waals surface area (Å²) >= 11 is 0. The number of nitrogens with zero attached hydrogens (tertiary/aromatic N) is 2. The van der Waals surface area contributed by atoms with E-state index >= 15 is 0 Å². The van der Waals surface area contributed by atoms with Gasteiger partial charge in [0.1, 0.15) is 0 Å². The van der Waals surface area contributed by atoms with Gasteiger partial charge in [-0.2, -0.15) is 0 Å². The molecule has 39 heavy (non-hydrogen) atoms. The maximum Gasteiger partial charge on any atom is 0.0786 e. The fourth-order valence-electron chi connectivity index (χ4n) is 6.43. The molecule has 0 saturated heterocycles. The van der Waals surface area contributed by atoms with Crippen LogP contribution < -0.4 is 0 Å². The van der Waals surface area contributed by atoms with Crippen LogP contribution in [0.1, 0.15) is 190 Å². The van der Waals surface area contributed by atoms with Crippen LogP contribution in [0.2, 0.25) is 0 Å². The summed E-state index contributed by atoms with van der Waals surface area (Å²) in [7, 11) is 0. The SMILES string of the molecule is CC.CCCC[N+](CCCC)(CCCC)CCCCCCCCCCC[N+](CCCC)(CCCC)CCCC. The second-order valence-electron chi connectivity index (χ2n) is 12.8. The van der Waals surface area contributed by atoms with Gasteiger partial charge < -0.3 is 8.97 Å². The zero-order chi connectivity index (χ0) is 29.5. The summed E-state index contributed by atoms with van der Waals surface area (Å²) in [5, 5.41) is 0. The molecule has 0 heterocycles. The third-order valence-corrected chi connectivity index (χ3v) is 9.18. The van der Waals surface area contributed by atoms with E-state index in [2.05, 4.69) is 41.5 Å². The first-order valence-electron chi connectivity index (χ1n) is 18.8. The Morgan fingerprint density at radius 2 is 0.385 bits per heavy atom. The van der Waals surface area contributed by atoms with Crippen molar-refractivity contribution < 1.29 is 8.97 Å². The normalized spacial score (nSPS) is 12.0. The summed E-state index contributed by atoms with van der Waals surface area (Å²) in [5.41, 5.74) is 0. The largest absolute Gasteiger partial charge is 0.324 e. The van der Waals surface area contributed by atoms with Crippen molar-refractivity contribution in [2.45, 2.75) is 190 Å². The second-order valence-corrected chi connectivity index (χ2v) is 12.8. The maximum absolute atomic E-state index is 2.37. The van der Waals surface area contributed by atoms with Crippen molar-refractivity contribution >= 4 is 0 Å². The second kappa shape index (κ2) is 30.9. The van der Waals surface area contributed by atoms with Crippen molar-refractivity contribution in [1.29, 1.82) is 0 Å². The molecule has 0 bridgehead atoms. The molecule has 0 aliphatic heterocycles. The molecule has 0 aliphatic rings. The lowest BCUT2D eigenvalue weighted by Gasteiger charge is -2.39. The first kappa shape index (κ1) is 41.1. The van der Waals surface area contributed by atoms with Gasteiger partial charge in [0, 0.05) is 0 Å². The van der Waals surface area contributed by atoms with Crippen LogP contribution in [0, 0.1) is 0 Å². The highest BCUT2D eigenvalue weighted by Crippen LogP contribution is 2.20. The fourth-order valence-corrected chi connectivity index (χ4v) is 6.43. The van der Waals surface area contributed by atoms with E-state index in [1.165, 1.54) is 196 Å². The van der Waals surface area contributed by atoms with Crippen LogP contribution in [-0.2, 0) is 0 Å². The zero-order valence-corrected chi connectivity index (χ0v) is 29.4. The number of hydrogen-bond acceptors (Lipinski definition) is 0. The minimum atomic E-state index is 1.36. The molecule has 0 unspecified atom stereocenters. The standard InChI is InChI=1S/C35H76N2.C2H6/c1-7-13-28-36(29-14-8-2,30-15-9-3)34-26-24-22-20-19-21-23-25-27-35-37(31-16-10-4,32-17-11-5)33-18-12-6;1-2/h7-35H2,1-6H3;1-2H3/q+2;. The third kappa shape index (κ3) is 23.2. The predicted octanol–water partition coefficient (Wildman–Crippen LogP) is 12.0. The lowest BCUT2D eigenvalue weighted by molar-refractivity contribution is -0.929. The van der Waals surface area contributed by atoms with Gasteiger partial charge >= 0.3 is 0 Å². The highest BCUT2D eigenvalue weighted by atomic mass is 15.4. The van der Waals surface area contributed by atoms with Crippen molar-refractivity contribution in [1.82, 2.24) is 0 Å². The smallest absolute Gasteiger partial charge is 0.0786 e. The molecule has 0 radical (unpaired) electrons. The third-order valence-electron chi connectivity index (χ3n) is 9.18. The summed E-state index contributed by atoms with van der Waals surface area (Å²) in [6, 6.07) is 0. The predicted molar refractivity (Wildman–Crippen MR) is 182 cm³/mol. The van der Waals surface area contributed by atoms with Crippen molar-refractivity contribution in [3.05, 3.63) is 0 Å². The van der Waals surface area contributed by atoms with Gasteiger partial charge in [-0.1, -0.05) is 126 Å². The Labute approximate surface area is 251 Å². The topological polar surface area (TPSA) is 0 Å². The van der Waals surface area contributed by atoms with Crippen molar-refractivity contribution in [3.8, 4) is 0 Å². The molecular weight excluding hydrogens is 472 g/mol. The zero-order valence-electron chi connectivity index (χ0n) is 29.4. The molecule has 0 spiro atoms. The van der Waals surface area contributed by atoms with Gasteiger partial charge in [0.15, 0.2) is 0 Å². The fraction of sp³-hybridized carbons (Fsp3) is 1.00. The van der Waals surface area contributed by atoms with Crippen molar-refractivity contribution in [2.24, 2.45) is 0 Å². The molecule has 0 N–H and O–H groups in total. The quantitative estimate of drug-likeness (QED) is 0.0611. The van der Waals surface area contributed by atoms with Crippen LogP contribution >= 0.6 is 0 Å². The van der Waals surface area contributed by atoms with E-state index in [4.69, 9.17) is 0 Å². The summed E-state index contributed by atoms with van der Waals surface area (Å²) in [6.07, 6.45) is 29.9. The molecule has 238 valence electrons. The molecule has 2 heteroatoms. The van der Waals surface area contributed by atoms with Crippen molar-refractivity contribution in [3.63, 3.8) is 0 Å². The average molecular weight is 555 g/mol. The van der Waals surface area contributed by atoms with E-state index in [-0.39, 0.29) is 0 Å². The van der Waals surface area contributed by atoms with Gasteiger partial charge in [0.2, 0.25) is 0 Å². The minimum absolute atomic E-state index is 1.36. The molecule has 0 aliphatic carbocycles. The van der Waals surface area contributed by atoms with E-state index in [1.54, 1.807) is 0 Å². The van der Waals surface area contributed by atoms with Crippen LogP contribution in [0.4, 0.5) is 0 Å². The molecule has 0 fully saturated rings. The molecular formula is C37H82N2+2. The van der Waals surface area contributed by atoms with Crippen LogP contribution in [-0.4, -0.2) is 61.3 Å². The maximum atomic E-state index is 2.37. The van der Waals surface area contributed by atoms with Gasteiger partial charge in [-0.05, 0) is 64.2 Å². The van der Waals surface area contributed by atoms with Crippen LogP contribution in [0.3, 0.4) is 0 Å². The van der Waals surface area contributed by atoms with Gasteiger partial charge in [-0.3, -0.25) is 0 Å². The van der Waals surface area contributed by atoms with E-state index in [0.29, 0.717) is 0 Å². The summed E-state index contributed by atoms with van der Waals surface area (Å²) in [4.78, 5) is 0. The molecule has 0 atom stereocenters.